The molecule has 0 saturated heterocycles. The van der Waals surface area contributed by atoms with Crippen molar-refractivity contribution in [1.29, 1.82) is 0 Å². The molecular formula is C14H22N2O2S. The molecule has 1 unspecified atom stereocenters. The van der Waals surface area contributed by atoms with Gasteiger partial charge in [-0.15, -0.1) is 0 Å². The Labute approximate surface area is 119 Å². The molecule has 0 aliphatic rings. The van der Waals surface area contributed by atoms with Crippen LogP contribution in [0, 0.1) is 5.92 Å². The number of rotatable bonds is 6. The minimum atomic E-state index is 0.116. The van der Waals surface area contributed by atoms with Crippen LogP contribution in [-0.4, -0.2) is 23.4 Å². The summed E-state index contributed by atoms with van der Waals surface area (Å²) in [7, 11) is 1.65. The zero-order valence-corrected chi connectivity index (χ0v) is 12.7. The Morgan fingerprint density at radius 2 is 2.11 bits per heavy atom. The van der Waals surface area contributed by atoms with Crippen LogP contribution in [-0.2, 0) is 5.75 Å². The number of nitrogens with zero attached hydrogens (tertiary/aromatic N) is 1. The largest absolute Gasteiger partial charge is 0.496 e. The van der Waals surface area contributed by atoms with Gasteiger partial charge in [0.2, 0.25) is 0 Å². The van der Waals surface area contributed by atoms with Crippen molar-refractivity contribution in [3.05, 3.63) is 29.3 Å². The molecule has 0 fully saturated rings. The fraction of sp³-hybridized carbons (Fsp3) is 0.500. The summed E-state index contributed by atoms with van der Waals surface area (Å²) < 4.78 is 5.35. The molecule has 19 heavy (non-hydrogen) atoms. The first kappa shape index (κ1) is 15.7. The van der Waals surface area contributed by atoms with Crippen molar-refractivity contribution >= 4 is 17.6 Å². The standard InChI is InChI=1S/C14H22N2O2S/c1-9(2)10(3)19-8-12-7-11(14(15)16-17)5-6-13(12)18-4/h5-7,9-10,17H,8H2,1-4H3,(H2,15,16). The number of hydrogen-bond acceptors (Lipinski definition) is 4. The maximum absolute atomic E-state index is 8.72. The zero-order valence-electron chi connectivity index (χ0n) is 11.9. The lowest BCUT2D eigenvalue weighted by atomic mass is 10.1. The molecule has 0 spiro atoms. The van der Waals surface area contributed by atoms with Gasteiger partial charge < -0.3 is 15.7 Å². The fourth-order valence-electron chi connectivity index (χ4n) is 1.52. The lowest BCUT2D eigenvalue weighted by Crippen LogP contribution is -2.13. The predicted octanol–water partition coefficient (Wildman–Crippen LogP) is 3.07. The molecule has 5 heteroatoms. The molecule has 4 nitrogen and oxygen atoms in total. The number of oxime groups is 1. The summed E-state index contributed by atoms with van der Waals surface area (Å²) in [6, 6.07) is 5.55. The van der Waals surface area contributed by atoms with E-state index < -0.39 is 0 Å². The fourth-order valence-corrected chi connectivity index (χ4v) is 2.58. The summed E-state index contributed by atoms with van der Waals surface area (Å²) in [5.41, 5.74) is 7.38. The SMILES string of the molecule is COc1ccc(/C(N)=N/O)cc1CSC(C)C(C)C. The number of ether oxygens (including phenoxy) is 1. The minimum absolute atomic E-state index is 0.116. The highest BCUT2D eigenvalue weighted by Gasteiger charge is 2.11. The van der Waals surface area contributed by atoms with Gasteiger partial charge in [0.25, 0.3) is 0 Å². The van der Waals surface area contributed by atoms with Crippen LogP contribution in [0.25, 0.3) is 0 Å². The van der Waals surface area contributed by atoms with E-state index in [1.165, 1.54) is 0 Å². The van der Waals surface area contributed by atoms with Crippen LogP contribution in [0.3, 0.4) is 0 Å². The number of methoxy groups -OCH3 is 1. The normalized spacial score (nSPS) is 13.6. The first-order valence-electron chi connectivity index (χ1n) is 6.26. The first-order valence-corrected chi connectivity index (χ1v) is 7.30. The van der Waals surface area contributed by atoms with E-state index >= 15 is 0 Å². The minimum Gasteiger partial charge on any atom is -0.496 e. The van der Waals surface area contributed by atoms with Crippen molar-refractivity contribution in [2.75, 3.05) is 7.11 Å². The predicted molar refractivity (Wildman–Crippen MR) is 81.1 cm³/mol. The van der Waals surface area contributed by atoms with Gasteiger partial charge in [-0.1, -0.05) is 25.9 Å². The second-order valence-corrected chi connectivity index (χ2v) is 6.14. The van der Waals surface area contributed by atoms with Gasteiger partial charge in [-0.25, -0.2) is 0 Å². The van der Waals surface area contributed by atoms with E-state index in [9.17, 15) is 0 Å². The van der Waals surface area contributed by atoms with Crippen LogP contribution in [0.2, 0.25) is 0 Å². The summed E-state index contributed by atoms with van der Waals surface area (Å²) in [6.45, 7) is 6.64. The first-order chi connectivity index (χ1) is 8.99. The van der Waals surface area contributed by atoms with Crippen molar-refractivity contribution in [1.82, 2.24) is 0 Å². The van der Waals surface area contributed by atoms with Crippen molar-refractivity contribution in [2.24, 2.45) is 16.8 Å². The van der Waals surface area contributed by atoms with Gasteiger partial charge in [-0.3, -0.25) is 0 Å². The highest BCUT2D eigenvalue weighted by Crippen LogP contribution is 2.28. The lowest BCUT2D eigenvalue weighted by molar-refractivity contribution is 0.318. The lowest BCUT2D eigenvalue weighted by Gasteiger charge is -2.16. The monoisotopic (exact) mass is 282 g/mol. The number of benzene rings is 1. The van der Waals surface area contributed by atoms with Crippen molar-refractivity contribution < 1.29 is 9.94 Å². The molecule has 0 heterocycles. The summed E-state index contributed by atoms with van der Waals surface area (Å²) in [5.74, 6) is 2.42. The van der Waals surface area contributed by atoms with Gasteiger partial charge in [0.05, 0.1) is 7.11 Å². The van der Waals surface area contributed by atoms with Crippen LogP contribution in [0.5, 0.6) is 5.75 Å². The van der Waals surface area contributed by atoms with Crippen molar-refractivity contribution in [3.8, 4) is 5.75 Å². The summed E-state index contributed by atoms with van der Waals surface area (Å²) >= 11 is 1.87. The molecule has 1 atom stereocenters. The number of amidine groups is 1. The molecule has 0 saturated carbocycles. The zero-order chi connectivity index (χ0) is 14.4. The third kappa shape index (κ3) is 4.35. The van der Waals surface area contributed by atoms with Crippen LogP contribution >= 0.6 is 11.8 Å². The van der Waals surface area contributed by atoms with Crippen LogP contribution in [0.1, 0.15) is 31.9 Å². The van der Waals surface area contributed by atoms with Gasteiger partial charge in [0, 0.05) is 22.1 Å². The number of nitrogens with two attached hydrogens (primary N) is 1. The Bertz CT molecular complexity index is 447. The van der Waals surface area contributed by atoms with Gasteiger partial charge in [-0.2, -0.15) is 11.8 Å². The average Bonchev–Trinajstić information content (AvgIpc) is 2.43. The van der Waals surface area contributed by atoms with Crippen molar-refractivity contribution in [3.63, 3.8) is 0 Å². The molecule has 0 radical (unpaired) electrons. The molecule has 3 N–H and O–H groups in total. The molecule has 0 aromatic heterocycles. The van der Waals surface area contributed by atoms with Crippen LogP contribution in [0.15, 0.2) is 23.4 Å². The molecule has 1 rings (SSSR count). The van der Waals surface area contributed by atoms with E-state index in [1.54, 1.807) is 13.2 Å². The van der Waals surface area contributed by atoms with Gasteiger partial charge in [0.15, 0.2) is 5.84 Å². The number of thioether (sulfide) groups is 1. The molecule has 106 valence electrons. The topological polar surface area (TPSA) is 67.8 Å². The maximum Gasteiger partial charge on any atom is 0.170 e. The van der Waals surface area contributed by atoms with E-state index in [4.69, 9.17) is 15.7 Å². The second-order valence-electron chi connectivity index (χ2n) is 4.77. The van der Waals surface area contributed by atoms with Gasteiger partial charge in [0.1, 0.15) is 5.75 Å². The number of hydrogen-bond donors (Lipinski definition) is 2. The van der Waals surface area contributed by atoms with Crippen LogP contribution in [0.4, 0.5) is 0 Å². The second kappa shape index (κ2) is 7.28. The Hall–Kier alpha value is -1.36. The van der Waals surface area contributed by atoms with Crippen molar-refractivity contribution in [2.45, 2.75) is 31.8 Å². The molecule has 0 aliphatic heterocycles. The molecule has 0 aliphatic carbocycles. The van der Waals surface area contributed by atoms with E-state index in [2.05, 4.69) is 25.9 Å². The maximum atomic E-state index is 8.72. The Morgan fingerprint density at radius 1 is 1.42 bits per heavy atom. The van der Waals surface area contributed by atoms with E-state index in [0.717, 1.165) is 17.1 Å². The average molecular weight is 282 g/mol. The Kier molecular flexibility index (Phi) is 6.02. The highest BCUT2D eigenvalue weighted by molar-refractivity contribution is 7.99. The van der Waals surface area contributed by atoms with E-state index in [1.807, 2.05) is 23.9 Å². The van der Waals surface area contributed by atoms with Gasteiger partial charge in [-0.05, 0) is 24.1 Å². The molecule has 0 amide bonds. The van der Waals surface area contributed by atoms with Crippen LogP contribution < -0.4 is 10.5 Å². The highest BCUT2D eigenvalue weighted by atomic mass is 32.2. The smallest absolute Gasteiger partial charge is 0.170 e. The van der Waals surface area contributed by atoms with Gasteiger partial charge >= 0.3 is 0 Å². The molecular weight excluding hydrogens is 260 g/mol. The summed E-state index contributed by atoms with van der Waals surface area (Å²) in [5, 5.41) is 12.3. The molecule has 0 bridgehead atoms. The Balaban J connectivity index is 2.90. The summed E-state index contributed by atoms with van der Waals surface area (Å²) in [4.78, 5) is 0. The third-order valence-corrected chi connectivity index (χ3v) is 4.67. The van der Waals surface area contributed by atoms with E-state index in [-0.39, 0.29) is 5.84 Å². The Morgan fingerprint density at radius 3 is 2.63 bits per heavy atom. The molecule has 1 aromatic carbocycles. The van der Waals surface area contributed by atoms with E-state index in [0.29, 0.717) is 16.7 Å². The quantitative estimate of drug-likeness (QED) is 0.364. The third-order valence-electron chi connectivity index (χ3n) is 3.12. The summed E-state index contributed by atoms with van der Waals surface area (Å²) in [6.07, 6.45) is 0. The molecule has 1 aromatic rings.